The predicted molar refractivity (Wildman–Crippen MR) is 113 cm³/mol. The number of Topliss-reactive ketones (excluding diaryl/α,β-unsaturated/α-hetero) is 1. The molecule has 3 nitrogen and oxygen atoms in total. The summed E-state index contributed by atoms with van der Waals surface area (Å²) >= 11 is 0. The first-order valence-electron chi connectivity index (χ1n) is 11.1. The number of carbonyl (C=O) groups is 1. The van der Waals surface area contributed by atoms with Gasteiger partial charge in [-0.2, -0.15) is 0 Å². The summed E-state index contributed by atoms with van der Waals surface area (Å²) in [6, 6.07) is 9.34. The van der Waals surface area contributed by atoms with Crippen LogP contribution in [0, 0.1) is 0 Å². The molecule has 0 aromatic heterocycles. The Kier molecular flexibility index (Phi) is 15.0. The van der Waals surface area contributed by atoms with Gasteiger partial charge < -0.3 is 9.47 Å². The second kappa shape index (κ2) is 16.9. The number of unbranched alkanes of at least 4 members (excludes halogenated alkanes) is 10. The van der Waals surface area contributed by atoms with Crippen LogP contribution in [0.25, 0.3) is 0 Å². The molecule has 0 fully saturated rings. The van der Waals surface area contributed by atoms with Crippen molar-refractivity contribution in [2.24, 2.45) is 0 Å². The molecule has 0 N–H and O–H groups in total. The summed E-state index contributed by atoms with van der Waals surface area (Å²) in [6.07, 6.45) is 13.7. The van der Waals surface area contributed by atoms with Crippen molar-refractivity contribution in [3.8, 4) is 0 Å². The Morgan fingerprint density at radius 1 is 0.704 bits per heavy atom. The third kappa shape index (κ3) is 12.0. The quantitative estimate of drug-likeness (QED) is 0.158. The summed E-state index contributed by atoms with van der Waals surface area (Å²) in [7, 11) is 0. The highest BCUT2D eigenvalue weighted by Gasteiger charge is 2.21. The molecule has 0 atom stereocenters. The molecule has 0 bridgehead atoms. The monoisotopic (exact) mass is 376 g/mol. The van der Waals surface area contributed by atoms with Crippen molar-refractivity contribution < 1.29 is 14.3 Å². The first-order chi connectivity index (χ1) is 13.3. The van der Waals surface area contributed by atoms with E-state index in [1.54, 1.807) is 0 Å². The third-order valence-electron chi connectivity index (χ3n) is 4.81. The molecule has 0 saturated carbocycles. The van der Waals surface area contributed by atoms with E-state index in [4.69, 9.17) is 9.47 Å². The lowest BCUT2D eigenvalue weighted by molar-refractivity contribution is -0.115. The molecule has 1 rings (SSSR count). The van der Waals surface area contributed by atoms with E-state index in [-0.39, 0.29) is 5.78 Å². The average Bonchev–Trinajstić information content (AvgIpc) is 2.71. The van der Waals surface area contributed by atoms with Gasteiger partial charge in [-0.15, -0.1) is 0 Å². The molecular weight excluding hydrogens is 336 g/mol. The molecule has 0 spiro atoms. The van der Waals surface area contributed by atoms with Gasteiger partial charge in [0, 0.05) is 5.56 Å². The number of rotatable bonds is 18. The first-order valence-corrected chi connectivity index (χ1v) is 11.1. The summed E-state index contributed by atoms with van der Waals surface area (Å²) in [5, 5.41) is 0. The Labute approximate surface area is 166 Å². The summed E-state index contributed by atoms with van der Waals surface area (Å²) in [6.45, 7) is 5.63. The van der Waals surface area contributed by atoms with Gasteiger partial charge in [0.05, 0.1) is 13.2 Å². The zero-order valence-corrected chi connectivity index (χ0v) is 17.6. The van der Waals surface area contributed by atoms with E-state index in [0.717, 1.165) is 25.7 Å². The number of ketones is 1. The minimum Gasteiger partial charge on any atom is -0.346 e. The van der Waals surface area contributed by atoms with E-state index in [9.17, 15) is 4.79 Å². The Hall–Kier alpha value is -1.19. The molecule has 1 aromatic carbocycles. The van der Waals surface area contributed by atoms with E-state index in [0.29, 0.717) is 18.8 Å². The highest BCUT2D eigenvalue weighted by atomic mass is 16.7. The standard InChI is InChI=1S/C24H40O3/c1-3-5-7-9-11-16-20-26-24(23(25)22-18-14-13-15-19-22)27-21-17-12-10-8-6-4-2/h13-15,18-19,24H,3-12,16-17,20-21H2,1-2H3. The zero-order chi connectivity index (χ0) is 19.6. The molecule has 27 heavy (non-hydrogen) atoms. The van der Waals surface area contributed by atoms with Crippen LogP contribution < -0.4 is 0 Å². The molecule has 0 aliphatic rings. The Morgan fingerprint density at radius 3 is 1.63 bits per heavy atom. The van der Waals surface area contributed by atoms with Crippen LogP contribution in [0.1, 0.15) is 101 Å². The molecule has 0 aliphatic heterocycles. The second-order valence-corrected chi connectivity index (χ2v) is 7.34. The topological polar surface area (TPSA) is 35.5 Å². The van der Waals surface area contributed by atoms with Crippen molar-refractivity contribution in [3.05, 3.63) is 35.9 Å². The minimum atomic E-state index is -0.765. The maximum Gasteiger partial charge on any atom is 0.222 e. The molecule has 1 aromatic rings. The molecule has 0 saturated heterocycles. The van der Waals surface area contributed by atoms with Gasteiger partial charge in [-0.1, -0.05) is 108 Å². The van der Waals surface area contributed by atoms with Crippen molar-refractivity contribution in [2.45, 2.75) is 97.2 Å². The van der Waals surface area contributed by atoms with Crippen LogP contribution in [-0.2, 0) is 9.47 Å². The summed E-state index contributed by atoms with van der Waals surface area (Å²) in [5.41, 5.74) is 0.661. The summed E-state index contributed by atoms with van der Waals surface area (Å²) < 4.78 is 11.7. The lowest BCUT2D eigenvalue weighted by Crippen LogP contribution is -2.28. The highest BCUT2D eigenvalue weighted by Crippen LogP contribution is 2.12. The van der Waals surface area contributed by atoms with Crippen LogP contribution in [0.5, 0.6) is 0 Å². The van der Waals surface area contributed by atoms with Gasteiger partial charge in [0.25, 0.3) is 0 Å². The molecule has 3 heteroatoms. The van der Waals surface area contributed by atoms with Gasteiger partial charge in [0.15, 0.2) is 0 Å². The first kappa shape index (κ1) is 23.8. The van der Waals surface area contributed by atoms with Crippen LogP contribution in [-0.4, -0.2) is 25.3 Å². The van der Waals surface area contributed by atoms with Crippen molar-refractivity contribution in [1.29, 1.82) is 0 Å². The average molecular weight is 377 g/mol. The summed E-state index contributed by atoms with van der Waals surface area (Å²) in [4.78, 5) is 12.7. The predicted octanol–water partition coefficient (Wildman–Crippen LogP) is 6.95. The second-order valence-electron chi connectivity index (χ2n) is 7.34. The van der Waals surface area contributed by atoms with Gasteiger partial charge in [-0.25, -0.2) is 0 Å². The van der Waals surface area contributed by atoms with Crippen LogP contribution in [0.2, 0.25) is 0 Å². The molecule has 0 unspecified atom stereocenters. The number of hydrogen-bond acceptors (Lipinski definition) is 3. The summed E-state index contributed by atoms with van der Waals surface area (Å²) in [5.74, 6) is -0.0624. The number of hydrogen-bond donors (Lipinski definition) is 0. The van der Waals surface area contributed by atoms with Crippen molar-refractivity contribution >= 4 is 5.78 Å². The highest BCUT2D eigenvalue weighted by molar-refractivity contribution is 5.98. The van der Waals surface area contributed by atoms with E-state index >= 15 is 0 Å². The fourth-order valence-corrected chi connectivity index (χ4v) is 3.08. The number of benzene rings is 1. The van der Waals surface area contributed by atoms with E-state index in [2.05, 4.69) is 13.8 Å². The van der Waals surface area contributed by atoms with E-state index in [1.807, 2.05) is 30.3 Å². The van der Waals surface area contributed by atoms with Crippen LogP contribution in [0.3, 0.4) is 0 Å². The van der Waals surface area contributed by atoms with Crippen LogP contribution >= 0.6 is 0 Å². The van der Waals surface area contributed by atoms with Crippen LogP contribution in [0.4, 0.5) is 0 Å². The lowest BCUT2D eigenvalue weighted by atomic mass is 10.1. The molecular formula is C24H40O3. The van der Waals surface area contributed by atoms with Gasteiger partial charge >= 0.3 is 0 Å². The van der Waals surface area contributed by atoms with Crippen molar-refractivity contribution in [1.82, 2.24) is 0 Å². The lowest BCUT2D eigenvalue weighted by Gasteiger charge is -2.18. The molecule has 0 heterocycles. The fraction of sp³-hybridized carbons (Fsp3) is 0.708. The Bertz CT molecular complexity index is 440. The van der Waals surface area contributed by atoms with E-state index in [1.165, 1.54) is 51.4 Å². The SMILES string of the molecule is CCCCCCCCOC(OCCCCCCCC)C(=O)c1ccccc1. The number of ether oxygens (including phenoxy) is 2. The fourth-order valence-electron chi connectivity index (χ4n) is 3.08. The maximum atomic E-state index is 12.7. The Morgan fingerprint density at radius 2 is 1.15 bits per heavy atom. The van der Waals surface area contributed by atoms with E-state index < -0.39 is 6.29 Å². The normalized spacial score (nSPS) is 11.2. The number of carbonyl (C=O) groups excluding carboxylic acids is 1. The zero-order valence-electron chi connectivity index (χ0n) is 17.6. The minimum absolute atomic E-state index is 0.0624. The van der Waals surface area contributed by atoms with Crippen molar-refractivity contribution in [2.75, 3.05) is 13.2 Å². The smallest absolute Gasteiger partial charge is 0.222 e. The molecule has 0 radical (unpaired) electrons. The van der Waals surface area contributed by atoms with Gasteiger partial charge in [-0.3, -0.25) is 4.79 Å². The maximum absolute atomic E-state index is 12.7. The molecule has 0 amide bonds. The molecule has 0 aliphatic carbocycles. The molecule has 154 valence electrons. The van der Waals surface area contributed by atoms with Gasteiger partial charge in [0.2, 0.25) is 12.1 Å². The Balaban J connectivity index is 2.34. The van der Waals surface area contributed by atoms with Gasteiger partial charge in [0.1, 0.15) is 0 Å². The largest absolute Gasteiger partial charge is 0.346 e. The van der Waals surface area contributed by atoms with Crippen LogP contribution in [0.15, 0.2) is 30.3 Å². The third-order valence-corrected chi connectivity index (χ3v) is 4.81. The van der Waals surface area contributed by atoms with Crippen molar-refractivity contribution in [3.63, 3.8) is 0 Å². The van der Waals surface area contributed by atoms with Gasteiger partial charge in [-0.05, 0) is 12.8 Å².